The van der Waals surface area contributed by atoms with Crippen molar-refractivity contribution in [3.63, 3.8) is 0 Å². The maximum Gasteiger partial charge on any atom is 0.315 e. The number of esters is 1. The Labute approximate surface area is 117 Å². The quantitative estimate of drug-likeness (QED) is 0.639. The summed E-state index contributed by atoms with van der Waals surface area (Å²) in [5.74, 6) is -1.17. The van der Waals surface area contributed by atoms with Gasteiger partial charge in [0.05, 0.1) is 6.61 Å². The molecule has 1 N–H and O–H groups in total. The zero-order valence-corrected chi connectivity index (χ0v) is 11.4. The highest BCUT2D eigenvalue weighted by Gasteiger charge is 2.45. The molecule has 1 aromatic rings. The summed E-state index contributed by atoms with van der Waals surface area (Å²) < 4.78 is 18.5. The van der Waals surface area contributed by atoms with Gasteiger partial charge in [0.2, 0.25) is 5.91 Å². The highest BCUT2D eigenvalue weighted by molar-refractivity contribution is 5.94. The number of hydrogen-bond acceptors (Lipinski definition) is 3. The van der Waals surface area contributed by atoms with E-state index in [0.29, 0.717) is 12.1 Å². The second-order valence-corrected chi connectivity index (χ2v) is 5.02. The van der Waals surface area contributed by atoms with E-state index in [9.17, 15) is 14.0 Å². The summed E-state index contributed by atoms with van der Waals surface area (Å²) in [6, 6.07) is 6.61. The van der Waals surface area contributed by atoms with Crippen LogP contribution in [-0.4, -0.2) is 25.0 Å². The minimum Gasteiger partial charge on any atom is -0.466 e. The van der Waals surface area contributed by atoms with Gasteiger partial charge in [-0.15, -0.1) is 0 Å². The molecule has 0 aromatic heterocycles. The third kappa shape index (κ3) is 3.35. The second-order valence-electron chi connectivity index (χ2n) is 5.02. The lowest BCUT2D eigenvalue weighted by molar-refractivity contribution is -0.145. The number of carbonyl (C=O) groups excluding carboxylic acids is 2. The van der Waals surface area contributed by atoms with E-state index in [1.54, 1.807) is 25.1 Å². The molecule has 2 rings (SSSR count). The van der Waals surface area contributed by atoms with Crippen molar-refractivity contribution < 1.29 is 18.7 Å². The van der Waals surface area contributed by atoms with Crippen LogP contribution in [0.1, 0.15) is 31.7 Å². The molecule has 108 valence electrons. The summed E-state index contributed by atoms with van der Waals surface area (Å²) in [6.45, 7) is 2.30. The van der Waals surface area contributed by atoms with Crippen molar-refractivity contribution in [3.05, 3.63) is 35.6 Å². The Morgan fingerprint density at radius 3 is 2.65 bits per heavy atom. The third-order valence-corrected chi connectivity index (χ3v) is 3.53. The van der Waals surface area contributed by atoms with Crippen LogP contribution in [0.3, 0.4) is 0 Å². The van der Waals surface area contributed by atoms with Crippen molar-refractivity contribution in [2.75, 3.05) is 13.2 Å². The molecule has 0 aliphatic heterocycles. The van der Waals surface area contributed by atoms with Gasteiger partial charge in [0.25, 0.3) is 0 Å². The first-order chi connectivity index (χ1) is 9.57. The van der Waals surface area contributed by atoms with Crippen molar-refractivity contribution in [1.29, 1.82) is 0 Å². The predicted molar refractivity (Wildman–Crippen MR) is 71.6 cm³/mol. The molecule has 4 nitrogen and oxygen atoms in total. The molecule has 1 saturated carbocycles. The molecule has 1 amide bonds. The molecule has 1 aliphatic rings. The molecule has 1 fully saturated rings. The summed E-state index contributed by atoms with van der Waals surface area (Å²) >= 11 is 0. The molecule has 1 aliphatic carbocycles. The summed E-state index contributed by atoms with van der Waals surface area (Å²) in [5.41, 5.74) is 0.326. The van der Waals surface area contributed by atoms with Crippen LogP contribution in [-0.2, 0) is 19.7 Å². The molecular formula is C15H18FNO3. The molecule has 0 saturated heterocycles. The van der Waals surface area contributed by atoms with Crippen LogP contribution in [0.15, 0.2) is 24.3 Å². The van der Waals surface area contributed by atoms with Gasteiger partial charge >= 0.3 is 5.97 Å². The first-order valence-electron chi connectivity index (χ1n) is 6.75. The number of amides is 1. The van der Waals surface area contributed by atoms with E-state index in [0.717, 1.165) is 12.8 Å². The standard InChI is InChI=1S/C15H18FNO3/c1-2-20-14(19)9-13(18)17-10-15(7-8-15)11-5-3-4-6-12(11)16/h3-6H,2,7-10H2,1H3,(H,17,18). The van der Waals surface area contributed by atoms with Crippen molar-refractivity contribution in [2.45, 2.75) is 31.6 Å². The Balaban J connectivity index is 1.89. The van der Waals surface area contributed by atoms with E-state index in [1.165, 1.54) is 6.07 Å². The van der Waals surface area contributed by atoms with Gasteiger partial charge in [-0.3, -0.25) is 9.59 Å². The highest BCUT2D eigenvalue weighted by Crippen LogP contribution is 2.48. The summed E-state index contributed by atoms with van der Waals surface area (Å²) in [7, 11) is 0. The van der Waals surface area contributed by atoms with Crippen LogP contribution in [0.5, 0.6) is 0 Å². The average molecular weight is 279 g/mol. The van der Waals surface area contributed by atoms with E-state index in [-0.39, 0.29) is 30.2 Å². The molecule has 0 bridgehead atoms. The Kier molecular flexibility index (Phi) is 4.37. The topological polar surface area (TPSA) is 55.4 Å². The van der Waals surface area contributed by atoms with E-state index in [2.05, 4.69) is 5.32 Å². The molecule has 1 aromatic carbocycles. The summed E-state index contributed by atoms with van der Waals surface area (Å²) in [5, 5.41) is 2.69. The number of ether oxygens (including phenoxy) is 1. The van der Waals surface area contributed by atoms with Crippen LogP contribution in [0, 0.1) is 5.82 Å². The fraction of sp³-hybridized carbons (Fsp3) is 0.467. The zero-order valence-electron chi connectivity index (χ0n) is 11.4. The number of benzene rings is 1. The van der Waals surface area contributed by atoms with Gasteiger partial charge in [0.1, 0.15) is 12.2 Å². The van der Waals surface area contributed by atoms with Crippen molar-refractivity contribution in [3.8, 4) is 0 Å². The molecule has 20 heavy (non-hydrogen) atoms. The summed E-state index contributed by atoms with van der Waals surface area (Å²) in [6.07, 6.45) is 1.39. The maximum atomic E-state index is 13.8. The Bertz CT molecular complexity index is 512. The lowest BCUT2D eigenvalue weighted by Crippen LogP contribution is -2.34. The average Bonchev–Trinajstić information content (AvgIpc) is 3.18. The van der Waals surface area contributed by atoms with Crippen molar-refractivity contribution >= 4 is 11.9 Å². The van der Waals surface area contributed by atoms with E-state index in [1.807, 2.05) is 0 Å². The largest absolute Gasteiger partial charge is 0.466 e. The van der Waals surface area contributed by atoms with Gasteiger partial charge in [0, 0.05) is 12.0 Å². The fourth-order valence-corrected chi connectivity index (χ4v) is 2.26. The molecule has 0 heterocycles. The van der Waals surface area contributed by atoms with Crippen molar-refractivity contribution in [2.24, 2.45) is 0 Å². The zero-order chi connectivity index (χ0) is 14.6. The normalized spacial score (nSPS) is 15.5. The monoisotopic (exact) mass is 279 g/mol. The van der Waals surface area contributed by atoms with Gasteiger partial charge in [-0.25, -0.2) is 4.39 Å². The number of nitrogens with one attached hydrogen (secondary N) is 1. The van der Waals surface area contributed by atoms with Gasteiger partial charge in [-0.2, -0.15) is 0 Å². The van der Waals surface area contributed by atoms with Gasteiger partial charge in [-0.05, 0) is 31.4 Å². The number of hydrogen-bond donors (Lipinski definition) is 1. The SMILES string of the molecule is CCOC(=O)CC(=O)NCC1(c2ccccc2F)CC1. The molecule has 0 atom stereocenters. The smallest absolute Gasteiger partial charge is 0.315 e. The second kappa shape index (κ2) is 6.03. The lowest BCUT2D eigenvalue weighted by atomic mass is 9.95. The predicted octanol–water partition coefficient (Wildman–Crippen LogP) is 1.93. The Hall–Kier alpha value is -1.91. The van der Waals surface area contributed by atoms with E-state index < -0.39 is 5.97 Å². The number of halogens is 1. The Morgan fingerprint density at radius 2 is 2.05 bits per heavy atom. The maximum absolute atomic E-state index is 13.8. The van der Waals surface area contributed by atoms with Crippen LogP contribution < -0.4 is 5.32 Å². The Morgan fingerprint density at radius 1 is 1.35 bits per heavy atom. The van der Waals surface area contributed by atoms with Gasteiger partial charge < -0.3 is 10.1 Å². The number of rotatable bonds is 6. The van der Waals surface area contributed by atoms with E-state index in [4.69, 9.17) is 4.74 Å². The van der Waals surface area contributed by atoms with Gasteiger partial charge in [0.15, 0.2) is 0 Å². The molecule has 0 spiro atoms. The summed E-state index contributed by atoms with van der Waals surface area (Å²) in [4.78, 5) is 22.8. The molecule has 5 heteroatoms. The molecule has 0 unspecified atom stereocenters. The highest BCUT2D eigenvalue weighted by atomic mass is 19.1. The van der Waals surface area contributed by atoms with Crippen LogP contribution in [0.4, 0.5) is 4.39 Å². The minimum absolute atomic E-state index is 0.246. The van der Waals surface area contributed by atoms with Crippen LogP contribution in [0.25, 0.3) is 0 Å². The van der Waals surface area contributed by atoms with Gasteiger partial charge in [-0.1, -0.05) is 18.2 Å². The molecule has 0 radical (unpaired) electrons. The van der Waals surface area contributed by atoms with Crippen LogP contribution >= 0.6 is 0 Å². The minimum atomic E-state index is -0.541. The first-order valence-corrected chi connectivity index (χ1v) is 6.75. The van der Waals surface area contributed by atoms with Crippen LogP contribution in [0.2, 0.25) is 0 Å². The fourth-order valence-electron chi connectivity index (χ4n) is 2.26. The van der Waals surface area contributed by atoms with Crippen molar-refractivity contribution in [1.82, 2.24) is 5.32 Å². The first kappa shape index (κ1) is 14.5. The number of carbonyl (C=O) groups is 2. The third-order valence-electron chi connectivity index (χ3n) is 3.53. The van der Waals surface area contributed by atoms with E-state index >= 15 is 0 Å². The molecular weight excluding hydrogens is 261 g/mol. The lowest BCUT2D eigenvalue weighted by Gasteiger charge is -2.17.